The fourth-order valence-corrected chi connectivity index (χ4v) is 6.48. The molecule has 0 bridgehead atoms. The van der Waals surface area contributed by atoms with Gasteiger partial charge in [-0.05, 0) is 62.7 Å². The lowest BCUT2D eigenvalue weighted by atomic mass is 9.93. The fraction of sp³-hybridized carbons (Fsp3) is 0.483. The van der Waals surface area contributed by atoms with E-state index in [9.17, 15) is 0 Å². The molecule has 35 heavy (non-hydrogen) atoms. The van der Waals surface area contributed by atoms with Crippen LogP contribution in [0.4, 0.5) is 0 Å². The molecule has 2 fully saturated rings. The average molecular weight is 491 g/mol. The molecular formula is C29H38N4OS. The van der Waals surface area contributed by atoms with E-state index in [1.54, 1.807) is 0 Å². The summed E-state index contributed by atoms with van der Waals surface area (Å²) in [4.78, 5) is 6.37. The van der Waals surface area contributed by atoms with E-state index in [4.69, 9.17) is 9.84 Å². The van der Waals surface area contributed by atoms with Crippen molar-refractivity contribution in [2.75, 3.05) is 59.5 Å². The molecule has 0 N–H and O–H groups in total. The van der Waals surface area contributed by atoms with Crippen LogP contribution in [0.1, 0.15) is 23.1 Å². The van der Waals surface area contributed by atoms with Crippen LogP contribution in [0.25, 0.3) is 6.08 Å². The summed E-state index contributed by atoms with van der Waals surface area (Å²) in [5.74, 6) is 0.285. The van der Waals surface area contributed by atoms with Crippen molar-refractivity contribution in [3.8, 4) is 0 Å². The van der Waals surface area contributed by atoms with Gasteiger partial charge in [0, 0.05) is 43.2 Å². The maximum atomic E-state index is 6.16. The predicted molar refractivity (Wildman–Crippen MR) is 147 cm³/mol. The standard InChI is InChI=1S/C29H38N4OS/c1-22-9-4-6-11-24(22)19-25-20-34-21-26-28(25)30-33(14-8-13-32-17-15-31(3)16-18-32)29(26)35-27-12-7-5-10-23(27)2/h4-7,9-12,19,26,29H,8,13-18,20-21H2,1-3H3/b25-19+. The number of rotatable bonds is 7. The Balaban J connectivity index is 1.36. The van der Waals surface area contributed by atoms with Crippen LogP contribution >= 0.6 is 11.8 Å². The number of benzene rings is 2. The number of likely N-dealkylation sites (N-methyl/N-ethyl adjacent to an activating group) is 1. The Bertz CT molecular complexity index is 1080. The predicted octanol–water partition coefficient (Wildman–Crippen LogP) is 4.76. The molecule has 0 radical (unpaired) electrons. The molecule has 2 aromatic carbocycles. The SMILES string of the molecule is Cc1ccccc1/C=C1\COCC2C1=NN(CCCN1CCN(C)CC1)C2Sc1ccccc1C. The zero-order chi connectivity index (χ0) is 24.2. The Morgan fingerprint density at radius 2 is 1.71 bits per heavy atom. The van der Waals surface area contributed by atoms with E-state index in [2.05, 4.69) is 90.3 Å². The smallest absolute Gasteiger partial charge is 0.107 e. The fourth-order valence-electron chi connectivity index (χ4n) is 5.16. The van der Waals surface area contributed by atoms with Gasteiger partial charge in [0.15, 0.2) is 0 Å². The molecule has 0 saturated carbocycles. The molecule has 5 nitrogen and oxygen atoms in total. The van der Waals surface area contributed by atoms with E-state index in [-0.39, 0.29) is 11.3 Å². The minimum absolute atomic E-state index is 0.263. The molecule has 186 valence electrons. The molecule has 0 spiro atoms. The van der Waals surface area contributed by atoms with Crippen molar-refractivity contribution in [2.45, 2.75) is 30.5 Å². The lowest BCUT2D eigenvalue weighted by Crippen LogP contribution is -2.45. The summed E-state index contributed by atoms with van der Waals surface area (Å²) in [6.45, 7) is 12.6. The maximum Gasteiger partial charge on any atom is 0.107 e. The number of ether oxygens (including phenoxy) is 1. The first kappa shape index (κ1) is 24.6. The molecule has 3 heterocycles. The zero-order valence-electron chi connectivity index (χ0n) is 21.3. The monoisotopic (exact) mass is 490 g/mol. The van der Waals surface area contributed by atoms with E-state index in [0.29, 0.717) is 6.61 Å². The van der Waals surface area contributed by atoms with Gasteiger partial charge in [-0.3, -0.25) is 5.01 Å². The Labute approximate surface area is 214 Å². The first-order valence-electron chi connectivity index (χ1n) is 12.9. The minimum atomic E-state index is 0.263. The van der Waals surface area contributed by atoms with Crippen LogP contribution in [0.15, 0.2) is 64.1 Å². The van der Waals surface area contributed by atoms with Gasteiger partial charge in [-0.2, -0.15) is 5.10 Å². The van der Waals surface area contributed by atoms with Crippen molar-refractivity contribution in [1.29, 1.82) is 0 Å². The molecular weight excluding hydrogens is 452 g/mol. The average Bonchev–Trinajstić information content (AvgIpc) is 3.21. The minimum Gasteiger partial charge on any atom is -0.376 e. The van der Waals surface area contributed by atoms with Crippen LogP contribution in [0, 0.1) is 19.8 Å². The van der Waals surface area contributed by atoms with E-state index in [1.807, 2.05) is 11.8 Å². The highest BCUT2D eigenvalue weighted by Gasteiger charge is 2.41. The molecule has 2 atom stereocenters. The maximum absolute atomic E-state index is 6.16. The topological polar surface area (TPSA) is 31.3 Å². The number of nitrogens with zero attached hydrogens (tertiary/aromatic N) is 4. The van der Waals surface area contributed by atoms with Gasteiger partial charge in [-0.15, -0.1) is 0 Å². The van der Waals surface area contributed by atoms with E-state index in [0.717, 1.165) is 26.1 Å². The summed E-state index contributed by atoms with van der Waals surface area (Å²) in [7, 11) is 2.22. The molecule has 2 saturated heterocycles. The largest absolute Gasteiger partial charge is 0.376 e. The number of piperazine rings is 1. The Kier molecular flexibility index (Phi) is 7.93. The lowest BCUT2D eigenvalue weighted by molar-refractivity contribution is 0.113. The molecule has 3 aliphatic rings. The lowest BCUT2D eigenvalue weighted by Gasteiger charge is -2.33. The van der Waals surface area contributed by atoms with Gasteiger partial charge < -0.3 is 14.5 Å². The summed E-state index contributed by atoms with van der Waals surface area (Å²) in [5, 5.41) is 7.91. The third kappa shape index (κ3) is 5.83. The van der Waals surface area contributed by atoms with Crippen LogP contribution in [-0.4, -0.2) is 85.4 Å². The third-order valence-corrected chi connectivity index (χ3v) is 8.95. The molecule has 0 aliphatic carbocycles. The first-order valence-corrected chi connectivity index (χ1v) is 13.8. The second-order valence-corrected chi connectivity index (χ2v) is 11.2. The van der Waals surface area contributed by atoms with E-state index < -0.39 is 0 Å². The Morgan fingerprint density at radius 3 is 2.49 bits per heavy atom. The van der Waals surface area contributed by atoms with Gasteiger partial charge in [0.05, 0.1) is 24.8 Å². The highest BCUT2D eigenvalue weighted by molar-refractivity contribution is 8.00. The van der Waals surface area contributed by atoms with Crippen LogP contribution < -0.4 is 0 Å². The summed E-state index contributed by atoms with van der Waals surface area (Å²) >= 11 is 1.95. The molecule has 5 rings (SSSR count). The number of thioether (sulfide) groups is 1. The Hall–Kier alpha value is -2.12. The van der Waals surface area contributed by atoms with E-state index >= 15 is 0 Å². The first-order chi connectivity index (χ1) is 17.1. The van der Waals surface area contributed by atoms with Gasteiger partial charge in [-0.25, -0.2) is 0 Å². The van der Waals surface area contributed by atoms with Crippen molar-refractivity contribution in [3.05, 3.63) is 70.8 Å². The second kappa shape index (κ2) is 11.3. The van der Waals surface area contributed by atoms with Crippen LogP contribution in [0.5, 0.6) is 0 Å². The molecule has 0 amide bonds. The summed E-state index contributed by atoms with van der Waals surface area (Å²) in [5.41, 5.74) is 6.33. The molecule has 6 heteroatoms. The molecule has 0 aromatic heterocycles. The van der Waals surface area contributed by atoms with Crippen LogP contribution in [0.3, 0.4) is 0 Å². The quantitative estimate of drug-likeness (QED) is 0.559. The third-order valence-electron chi connectivity index (χ3n) is 7.43. The highest BCUT2D eigenvalue weighted by atomic mass is 32.2. The summed E-state index contributed by atoms with van der Waals surface area (Å²) in [6.07, 6.45) is 3.43. The van der Waals surface area contributed by atoms with Gasteiger partial charge >= 0.3 is 0 Å². The van der Waals surface area contributed by atoms with Crippen molar-refractivity contribution in [2.24, 2.45) is 11.0 Å². The Morgan fingerprint density at radius 1 is 0.971 bits per heavy atom. The molecule has 2 unspecified atom stereocenters. The number of aryl methyl sites for hydroxylation is 2. The van der Waals surface area contributed by atoms with Crippen LogP contribution in [-0.2, 0) is 4.74 Å². The normalized spacial score (nSPS) is 24.6. The number of hydrogen-bond acceptors (Lipinski definition) is 6. The van der Waals surface area contributed by atoms with Gasteiger partial charge in [0.2, 0.25) is 0 Å². The zero-order valence-corrected chi connectivity index (χ0v) is 22.1. The van der Waals surface area contributed by atoms with Crippen molar-refractivity contribution in [3.63, 3.8) is 0 Å². The van der Waals surface area contributed by atoms with E-state index in [1.165, 1.54) is 59.0 Å². The van der Waals surface area contributed by atoms with Gasteiger partial charge in [-0.1, -0.05) is 54.2 Å². The number of hydrogen-bond donors (Lipinski definition) is 0. The summed E-state index contributed by atoms with van der Waals surface area (Å²) < 4.78 is 6.16. The number of fused-ring (bicyclic) bond motifs is 1. The second-order valence-electron chi connectivity index (χ2n) is 10.1. The number of hydrazone groups is 1. The van der Waals surface area contributed by atoms with Gasteiger partial charge in [0.25, 0.3) is 0 Å². The van der Waals surface area contributed by atoms with Crippen molar-refractivity contribution in [1.82, 2.24) is 14.8 Å². The molecule has 3 aliphatic heterocycles. The van der Waals surface area contributed by atoms with Crippen molar-refractivity contribution >= 4 is 23.5 Å². The van der Waals surface area contributed by atoms with Gasteiger partial charge in [0.1, 0.15) is 5.37 Å². The molecule has 2 aromatic rings. The summed E-state index contributed by atoms with van der Waals surface area (Å²) in [6, 6.07) is 17.3. The van der Waals surface area contributed by atoms with Crippen LogP contribution in [0.2, 0.25) is 0 Å². The highest BCUT2D eigenvalue weighted by Crippen LogP contribution is 2.40. The van der Waals surface area contributed by atoms with Crippen molar-refractivity contribution < 1.29 is 4.74 Å².